The van der Waals surface area contributed by atoms with Gasteiger partial charge in [0.25, 0.3) is 0 Å². The zero-order valence-electron chi connectivity index (χ0n) is 15.6. The normalized spacial score (nSPS) is 16.2. The highest BCUT2D eigenvalue weighted by molar-refractivity contribution is 5.91. The van der Waals surface area contributed by atoms with Gasteiger partial charge in [0.1, 0.15) is 5.75 Å². The predicted octanol–water partition coefficient (Wildman–Crippen LogP) is 4.61. The fourth-order valence-electron chi connectivity index (χ4n) is 3.48. The minimum absolute atomic E-state index is 0.0451. The first-order valence-corrected chi connectivity index (χ1v) is 9.07. The van der Waals surface area contributed by atoms with Crippen molar-refractivity contribution in [2.45, 2.75) is 52.0 Å². The van der Waals surface area contributed by atoms with Gasteiger partial charge >= 0.3 is 0 Å². The fraction of sp³-hybridized carbons (Fsp3) is 0.409. The number of carbonyl (C=O) groups is 1. The second kappa shape index (κ2) is 6.91. The summed E-state index contributed by atoms with van der Waals surface area (Å²) in [6, 6.07) is 14.4. The van der Waals surface area contributed by atoms with Crippen molar-refractivity contribution < 1.29 is 9.53 Å². The van der Waals surface area contributed by atoms with Gasteiger partial charge in [0.15, 0.2) is 0 Å². The Morgan fingerprint density at radius 1 is 1.16 bits per heavy atom. The lowest BCUT2D eigenvalue weighted by atomic mass is 9.91. The molecule has 0 aliphatic heterocycles. The molecular weight excluding hydrogens is 310 g/mol. The van der Waals surface area contributed by atoms with Crippen LogP contribution in [0.2, 0.25) is 0 Å². The van der Waals surface area contributed by atoms with Gasteiger partial charge in [-0.25, -0.2) is 0 Å². The quantitative estimate of drug-likeness (QED) is 0.836. The van der Waals surface area contributed by atoms with Gasteiger partial charge < -0.3 is 10.1 Å². The van der Waals surface area contributed by atoms with Crippen LogP contribution in [0.5, 0.6) is 5.75 Å². The Kier molecular flexibility index (Phi) is 4.85. The molecule has 25 heavy (non-hydrogen) atoms. The minimum atomic E-state index is -0.345. The molecule has 132 valence electrons. The fourth-order valence-corrected chi connectivity index (χ4v) is 3.48. The number of rotatable bonds is 6. The third-order valence-electron chi connectivity index (χ3n) is 4.98. The Bertz CT molecular complexity index is 757. The molecule has 1 atom stereocenters. The van der Waals surface area contributed by atoms with Crippen molar-refractivity contribution in [2.75, 3.05) is 6.61 Å². The maximum absolute atomic E-state index is 13.0. The van der Waals surface area contributed by atoms with Crippen LogP contribution in [0.1, 0.15) is 55.0 Å². The minimum Gasteiger partial charge on any atom is -0.494 e. The molecule has 1 fully saturated rings. The third-order valence-corrected chi connectivity index (χ3v) is 4.98. The number of aryl methyl sites for hydroxylation is 2. The summed E-state index contributed by atoms with van der Waals surface area (Å²) in [7, 11) is 0. The molecule has 3 rings (SSSR count). The number of carbonyl (C=O) groups excluding carboxylic acids is 1. The molecular formula is C22H27NO2. The second-order valence-electron chi connectivity index (χ2n) is 7.16. The van der Waals surface area contributed by atoms with Crippen LogP contribution in [0.25, 0.3) is 0 Å². The van der Waals surface area contributed by atoms with Crippen LogP contribution in [-0.4, -0.2) is 12.5 Å². The SMILES string of the molecule is CCOc1cccc(C(C)NC(=O)C2(c3cc(C)cc(C)c3)CC2)c1. The second-order valence-corrected chi connectivity index (χ2v) is 7.16. The molecule has 1 unspecified atom stereocenters. The highest BCUT2D eigenvalue weighted by Gasteiger charge is 2.51. The topological polar surface area (TPSA) is 38.3 Å². The number of hydrogen-bond donors (Lipinski definition) is 1. The van der Waals surface area contributed by atoms with Crippen LogP contribution in [0.3, 0.4) is 0 Å². The molecule has 2 aromatic rings. The van der Waals surface area contributed by atoms with Crippen molar-refractivity contribution >= 4 is 5.91 Å². The Labute approximate surface area is 150 Å². The van der Waals surface area contributed by atoms with Crippen molar-refractivity contribution in [2.24, 2.45) is 0 Å². The van der Waals surface area contributed by atoms with Crippen LogP contribution >= 0.6 is 0 Å². The summed E-state index contributed by atoms with van der Waals surface area (Å²) in [6.45, 7) is 8.82. The van der Waals surface area contributed by atoms with E-state index in [0.717, 1.165) is 29.7 Å². The van der Waals surface area contributed by atoms with E-state index in [1.165, 1.54) is 11.1 Å². The number of ether oxygens (including phenoxy) is 1. The maximum atomic E-state index is 13.0. The van der Waals surface area contributed by atoms with Gasteiger partial charge in [0, 0.05) is 0 Å². The Morgan fingerprint density at radius 2 is 1.84 bits per heavy atom. The van der Waals surface area contributed by atoms with Crippen LogP contribution < -0.4 is 10.1 Å². The van der Waals surface area contributed by atoms with Crippen LogP contribution in [0.4, 0.5) is 0 Å². The van der Waals surface area contributed by atoms with Gasteiger partial charge in [0.05, 0.1) is 18.1 Å². The van der Waals surface area contributed by atoms with Crippen molar-refractivity contribution in [1.29, 1.82) is 0 Å². The molecule has 1 N–H and O–H groups in total. The lowest BCUT2D eigenvalue weighted by molar-refractivity contribution is -0.124. The summed E-state index contributed by atoms with van der Waals surface area (Å²) in [4.78, 5) is 13.0. The zero-order chi connectivity index (χ0) is 18.0. The van der Waals surface area contributed by atoms with Crippen molar-refractivity contribution in [3.05, 3.63) is 64.7 Å². The molecule has 1 aliphatic carbocycles. The summed E-state index contributed by atoms with van der Waals surface area (Å²) >= 11 is 0. The van der Waals surface area contributed by atoms with E-state index >= 15 is 0 Å². The number of nitrogens with one attached hydrogen (secondary N) is 1. The van der Waals surface area contributed by atoms with E-state index in [1.807, 2.05) is 38.1 Å². The summed E-state index contributed by atoms with van der Waals surface area (Å²) in [5.41, 5.74) is 4.30. The average Bonchev–Trinajstić information content (AvgIpc) is 3.36. The van der Waals surface area contributed by atoms with Crippen molar-refractivity contribution in [3.63, 3.8) is 0 Å². The summed E-state index contributed by atoms with van der Waals surface area (Å²) in [5.74, 6) is 0.975. The lowest BCUT2D eigenvalue weighted by Gasteiger charge is -2.21. The first-order valence-electron chi connectivity index (χ1n) is 9.07. The average molecular weight is 337 g/mol. The largest absolute Gasteiger partial charge is 0.494 e. The van der Waals surface area contributed by atoms with E-state index in [4.69, 9.17) is 4.74 Å². The monoisotopic (exact) mass is 337 g/mol. The summed E-state index contributed by atoms with van der Waals surface area (Å²) < 4.78 is 5.56. The number of hydrogen-bond acceptors (Lipinski definition) is 2. The van der Waals surface area contributed by atoms with Crippen molar-refractivity contribution in [1.82, 2.24) is 5.32 Å². The standard InChI is InChI=1S/C22H27NO2/c1-5-25-20-8-6-7-18(14-20)17(4)23-21(24)22(9-10-22)19-12-15(2)11-16(3)13-19/h6-8,11-14,17H,5,9-10H2,1-4H3,(H,23,24). The highest BCUT2D eigenvalue weighted by atomic mass is 16.5. The van der Waals surface area contributed by atoms with E-state index in [2.05, 4.69) is 37.4 Å². The van der Waals surface area contributed by atoms with Gasteiger partial charge in [-0.2, -0.15) is 0 Å². The molecule has 3 heteroatoms. The molecule has 0 aromatic heterocycles. The third kappa shape index (κ3) is 3.71. The first kappa shape index (κ1) is 17.5. The molecule has 3 nitrogen and oxygen atoms in total. The highest BCUT2D eigenvalue weighted by Crippen LogP contribution is 2.49. The first-order chi connectivity index (χ1) is 11.9. The van der Waals surface area contributed by atoms with E-state index in [-0.39, 0.29) is 17.4 Å². The Morgan fingerprint density at radius 3 is 2.44 bits per heavy atom. The zero-order valence-corrected chi connectivity index (χ0v) is 15.6. The molecule has 2 aromatic carbocycles. The lowest BCUT2D eigenvalue weighted by Crippen LogP contribution is -2.36. The van der Waals surface area contributed by atoms with Gasteiger partial charge in [-0.1, -0.05) is 41.5 Å². The molecule has 0 radical (unpaired) electrons. The Balaban J connectivity index is 1.76. The number of benzene rings is 2. The number of amides is 1. The predicted molar refractivity (Wildman–Crippen MR) is 101 cm³/mol. The maximum Gasteiger partial charge on any atom is 0.231 e. The van der Waals surface area contributed by atoms with Gasteiger partial charge in [-0.3, -0.25) is 4.79 Å². The van der Waals surface area contributed by atoms with Crippen LogP contribution in [-0.2, 0) is 10.2 Å². The molecule has 1 amide bonds. The van der Waals surface area contributed by atoms with Crippen LogP contribution in [0.15, 0.2) is 42.5 Å². The van der Waals surface area contributed by atoms with Gasteiger partial charge in [0.2, 0.25) is 5.91 Å². The van der Waals surface area contributed by atoms with E-state index in [9.17, 15) is 4.79 Å². The molecule has 1 aliphatic rings. The Hall–Kier alpha value is -2.29. The molecule has 0 spiro atoms. The van der Waals surface area contributed by atoms with Crippen LogP contribution in [0, 0.1) is 13.8 Å². The smallest absolute Gasteiger partial charge is 0.231 e. The summed E-state index contributed by atoms with van der Waals surface area (Å²) in [5, 5.41) is 3.21. The van der Waals surface area contributed by atoms with Gasteiger partial charge in [-0.15, -0.1) is 0 Å². The molecule has 0 heterocycles. The van der Waals surface area contributed by atoms with E-state index in [0.29, 0.717) is 6.61 Å². The van der Waals surface area contributed by atoms with E-state index in [1.54, 1.807) is 0 Å². The van der Waals surface area contributed by atoms with Crippen molar-refractivity contribution in [3.8, 4) is 5.75 Å². The molecule has 0 bridgehead atoms. The molecule has 1 saturated carbocycles. The molecule has 0 saturated heterocycles. The van der Waals surface area contributed by atoms with Gasteiger partial charge in [-0.05, 0) is 63.8 Å². The van der Waals surface area contributed by atoms with E-state index < -0.39 is 0 Å². The summed E-state index contributed by atoms with van der Waals surface area (Å²) in [6.07, 6.45) is 1.85.